The summed E-state index contributed by atoms with van der Waals surface area (Å²) in [6, 6.07) is 22.4. The second-order valence-electron chi connectivity index (χ2n) is 8.04. The number of aromatic nitrogens is 1. The van der Waals surface area contributed by atoms with E-state index >= 15 is 0 Å². The van der Waals surface area contributed by atoms with Crippen LogP contribution in [-0.2, 0) is 29.1 Å². The predicted molar refractivity (Wildman–Crippen MR) is 131 cm³/mol. The molecule has 0 radical (unpaired) electrons. The van der Waals surface area contributed by atoms with E-state index in [2.05, 4.69) is 15.6 Å². The molecule has 0 aliphatic rings. The normalized spacial score (nSPS) is 11.5. The fourth-order valence-corrected chi connectivity index (χ4v) is 3.71. The van der Waals surface area contributed by atoms with Crippen molar-refractivity contribution in [2.75, 3.05) is 0 Å². The van der Waals surface area contributed by atoms with Crippen LogP contribution in [0.4, 0.5) is 4.79 Å². The zero-order valence-electron chi connectivity index (χ0n) is 18.9. The van der Waals surface area contributed by atoms with Crippen LogP contribution in [0.1, 0.15) is 27.0 Å². The number of fused-ring (bicyclic) bond motifs is 1. The standard InChI is InChI=1S/C27H25N3O5/c31-25(29-15-18-10-12-20(13-11-18)26(32)33)24(14-21-16-28-23-9-5-4-8-22(21)23)30-27(34)35-17-19-6-2-1-3-7-19/h1-13,16,24,28H,14-15,17H2,(H,29,31)(H,30,34)(H,32,33)/t24-/m1/s1. The SMILES string of the molecule is O=C(N[C@H](Cc1c[nH]c2ccccc12)C(=O)NCc1ccc(C(=O)O)cc1)OCc1ccccc1. The third-order valence-electron chi connectivity index (χ3n) is 5.59. The van der Waals surface area contributed by atoms with E-state index in [1.54, 1.807) is 12.1 Å². The predicted octanol–water partition coefficient (Wildman–Crippen LogP) is 4.02. The van der Waals surface area contributed by atoms with E-state index in [0.29, 0.717) is 0 Å². The van der Waals surface area contributed by atoms with Gasteiger partial charge in [-0.05, 0) is 34.9 Å². The van der Waals surface area contributed by atoms with Crippen molar-refractivity contribution in [3.05, 3.63) is 107 Å². The quantitative estimate of drug-likeness (QED) is 0.294. The van der Waals surface area contributed by atoms with Crippen LogP contribution in [0.5, 0.6) is 0 Å². The molecular formula is C27H25N3O5. The Kier molecular flexibility index (Phi) is 7.42. The van der Waals surface area contributed by atoms with Crippen molar-refractivity contribution in [2.24, 2.45) is 0 Å². The number of H-pyrrole nitrogens is 1. The Bertz CT molecular complexity index is 1320. The first-order valence-corrected chi connectivity index (χ1v) is 11.1. The molecule has 0 unspecified atom stereocenters. The lowest BCUT2D eigenvalue weighted by atomic mass is 10.0. The number of carboxylic acid groups (broad SMARTS) is 1. The summed E-state index contributed by atoms with van der Waals surface area (Å²) < 4.78 is 5.32. The van der Waals surface area contributed by atoms with Crippen LogP contribution < -0.4 is 10.6 Å². The molecule has 1 atom stereocenters. The Morgan fingerprint density at radius 1 is 0.886 bits per heavy atom. The Morgan fingerprint density at radius 2 is 1.60 bits per heavy atom. The van der Waals surface area contributed by atoms with Crippen molar-refractivity contribution in [3.8, 4) is 0 Å². The van der Waals surface area contributed by atoms with Gasteiger partial charge in [0.2, 0.25) is 5.91 Å². The molecule has 35 heavy (non-hydrogen) atoms. The lowest BCUT2D eigenvalue weighted by molar-refractivity contribution is -0.123. The first kappa shape index (κ1) is 23.6. The number of rotatable bonds is 9. The van der Waals surface area contributed by atoms with Crippen molar-refractivity contribution in [1.29, 1.82) is 0 Å². The molecule has 0 saturated carbocycles. The Morgan fingerprint density at radius 3 is 2.34 bits per heavy atom. The Labute approximate surface area is 201 Å². The number of benzene rings is 3. The maximum Gasteiger partial charge on any atom is 0.408 e. The highest BCUT2D eigenvalue weighted by Gasteiger charge is 2.23. The Hall–Kier alpha value is -4.59. The molecule has 0 aliphatic heterocycles. The Balaban J connectivity index is 1.44. The molecule has 1 heterocycles. The number of aromatic amines is 1. The van der Waals surface area contributed by atoms with Gasteiger partial charge in [0.15, 0.2) is 0 Å². The molecule has 0 bridgehead atoms. The molecule has 3 aromatic carbocycles. The maximum atomic E-state index is 13.1. The van der Waals surface area contributed by atoms with Gasteiger partial charge in [0.25, 0.3) is 0 Å². The monoisotopic (exact) mass is 471 g/mol. The van der Waals surface area contributed by atoms with Gasteiger partial charge in [-0.15, -0.1) is 0 Å². The van der Waals surface area contributed by atoms with Crippen LogP contribution in [0.15, 0.2) is 85.1 Å². The third kappa shape index (κ3) is 6.26. The minimum Gasteiger partial charge on any atom is -0.478 e. The molecule has 4 N–H and O–H groups in total. The van der Waals surface area contributed by atoms with Gasteiger partial charge >= 0.3 is 12.1 Å². The number of para-hydroxylation sites is 1. The van der Waals surface area contributed by atoms with Crippen LogP contribution in [0, 0.1) is 0 Å². The number of ether oxygens (including phenoxy) is 1. The zero-order valence-corrected chi connectivity index (χ0v) is 18.9. The topological polar surface area (TPSA) is 121 Å². The average Bonchev–Trinajstić information content (AvgIpc) is 3.29. The molecule has 8 nitrogen and oxygen atoms in total. The van der Waals surface area contributed by atoms with Crippen molar-refractivity contribution >= 4 is 28.9 Å². The van der Waals surface area contributed by atoms with Gasteiger partial charge in [-0.1, -0.05) is 60.7 Å². The summed E-state index contributed by atoms with van der Waals surface area (Å²) in [5.41, 5.74) is 3.56. The number of aromatic carboxylic acids is 1. The van der Waals surface area contributed by atoms with Crippen LogP contribution in [0.3, 0.4) is 0 Å². The fraction of sp³-hybridized carbons (Fsp3) is 0.148. The number of hydrogen-bond acceptors (Lipinski definition) is 4. The minimum atomic E-state index is -1.02. The number of alkyl carbamates (subject to hydrolysis) is 1. The fourth-order valence-electron chi connectivity index (χ4n) is 3.71. The number of carbonyl (C=O) groups is 3. The minimum absolute atomic E-state index is 0.0873. The highest BCUT2D eigenvalue weighted by Crippen LogP contribution is 2.19. The highest BCUT2D eigenvalue weighted by atomic mass is 16.5. The number of nitrogens with one attached hydrogen (secondary N) is 3. The van der Waals surface area contributed by atoms with Crippen molar-refractivity contribution in [2.45, 2.75) is 25.6 Å². The van der Waals surface area contributed by atoms with Gasteiger partial charge in [0.05, 0.1) is 5.56 Å². The lowest BCUT2D eigenvalue weighted by Gasteiger charge is -2.18. The average molecular weight is 472 g/mol. The van der Waals surface area contributed by atoms with E-state index in [9.17, 15) is 14.4 Å². The van der Waals surface area contributed by atoms with Crippen molar-refractivity contribution < 1.29 is 24.2 Å². The van der Waals surface area contributed by atoms with Crippen molar-refractivity contribution in [3.63, 3.8) is 0 Å². The molecule has 2 amide bonds. The van der Waals surface area contributed by atoms with Crippen molar-refractivity contribution in [1.82, 2.24) is 15.6 Å². The smallest absolute Gasteiger partial charge is 0.408 e. The largest absolute Gasteiger partial charge is 0.478 e. The molecule has 0 spiro atoms. The van der Waals surface area contributed by atoms with Crippen LogP contribution >= 0.6 is 0 Å². The molecule has 8 heteroatoms. The molecule has 0 saturated heterocycles. The second kappa shape index (κ2) is 11.0. The van der Waals surface area contributed by atoms with Crippen LogP contribution in [0.2, 0.25) is 0 Å². The van der Waals surface area contributed by atoms with E-state index in [-0.39, 0.29) is 31.0 Å². The van der Waals surface area contributed by atoms with Gasteiger partial charge in [0.1, 0.15) is 12.6 Å². The van der Waals surface area contributed by atoms with Crippen LogP contribution in [0.25, 0.3) is 10.9 Å². The third-order valence-corrected chi connectivity index (χ3v) is 5.59. The maximum absolute atomic E-state index is 13.1. The summed E-state index contributed by atoms with van der Waals surface area (Å²) in [7, 11) is 0. The summed E-state index contributed by atoms with van der Waals surface area (Å²) in [6.07, 6.45) is 1.39. The lowest BCUT2D eigenvalue weighted by Crippen LogP contribution is -2.48. The summed E-state index contributed by atoms with van der Waals surface area (Å²) in [6.45, 7) is 0.272. The van der Waals surface area contributed by atoms with Gasteiger partial charge in [0, 0.05) is 30.1 Å². The van der Waals surface area contributed by atoms with Crippen LogP contribution in [-0.4, -0.2) is 34.1 Å². The number of carboxylic acids is 1. The summed E-state index contributed by atoms with van der Waals surface area (Å²) >= 11 is 0. The van der Waals surface area contributed by atoms with Gasteiger partial charge in [-0.3, -0.25) is 4.79 Å². The van der Waals surface area contributed by atoms with E-state index in [1.807, 2.05) is 60.8 Å². The zero-order chi connectivity index (χ0) is 24.6. The molecule has 0 fully saturated rings. The molecular weight excluding hydrogens is 446 g/mol. The molecule has 4 rings (SSSR count). The van der Waals surface area contributed by atoms with E-state index in [0.717, 1.165) is 27.6 Å². The number of amides is 2. The van der Waals surface area contributed by atoms with Gasteiger partial charge in [-0.2, -0.15) is 0 Å². The van der Waals surface area contributed by atoms with Gasteiger partial charge < -0.3 is 25.5 Å². The molecule has 1 aromatic heterocycles. The molecule has 178 valence electrons. The first-order chi connectivity index (χ1) is 17.0. The summed E-state index contributed by atoms with van der Waals surface area (Å²) in [4.78, 5) is 39.8. The van der Waals surface area contributed by atoms with E-state index < -0.39 is 18.1 Å². The van der Waals surface area contributed by atoms with E-state index in [4.69, 9.17) is 9.84 Å². The first-order valence-electron chi connectivity index (χ1n) is 11.1. The summed E-state index contributed by atoms with van der Waals surface area (Å²) in [5, 5.41) is 15.5. The summed E-state index contributed by atoms with van der Waals surface area (Å²) in [5.74, 6) is -1.40. The highest BCUT2D eigenvalue weighted by molar-refractivity contribution is 5.89. The second-order valence-corrected chi connectivity index (χ2v) is 8.04. The number of hydrogen-bond donors (Lipinski definition) is 4. The molecule has 0 aliphatic carbocycles. The molecule has 4 aromatic rings. The van der Waals surface area contributed by atoms with Gasteiger partial charge in [-0.25, -0.2) is 9.59 Å². The number of carbonyl (C=O) groups excluding carboxylic acids is 2. The van der Waals surface area contributed by atoms with E-state index in [1.165, 1.54) is 12.1 Å².